The lowest BCUT2D eigenvalue weighted by Crippen LogP contribution is -2.46. The quantitative estimate of drug-likeness (QED) is 0.786. The molecule has 1 saturated carbocycles. The van der Waals surface area contributed by atoms with E-state index in [1.807, 2.05) is 9.80 Å². The summed E-state index contributed by atoms with van der Waals surface area (Å²) in [6.07, 6.45) is 5.06. The molecule has 21 heavy (non-hydrogen) atoms. The Morgan fingerprint density at radius 1 is 0.905 bits per heavy atom. The molecule has 2 heterocycles. The summed E-state index contributed by atoms with van der Waals surface area (Å²) in [6.45, 7) is 2.64. The summed E-state index contributed by atoms with van der Waals surface area (Å²) in [5.74, 6) is 0.467. The molecule has 3 aliphatic rings. The van der Waals surface area contributed by atoms with E-state index in [2.05, 4.69) is 5.32 Å². The van der Waals surface area contributed by atoms with E-state index in [-0.39, 0.29) is 29.7 Å². The van der Waals surface area contributed by atoms with E-state index < -0.39 is 0 Å². The number of nitrogens with zero attached hydrogens (tertiary/aromatic N) is 2. The molecule has 1 N–H and O–H groups in total. The molecule has 1 aliphatic carbocycles. The lowest BCUT2D eigenvalue weighted by Gasteiger charge is -2.31. The van der Waals surface area contributed by atoms with Crippen LogP contribution in [0.3, 0.4) is 0 Å². The van der Waals surface area contributed by atoms with Gasteiger partial charge in [0.2, 0.25) is 17.7 Å². The number of carbonyl (C=O) groups is 3. The molecular formula is C15H23N3O3. The minimum absolute atomic E-state index is 0.0128. The van der Waals surface area contributed by atoms with Gasteiger partial charge in [0.1, 0.15) is 6.04 Å². The smallest absolute Gasteiger partial charge is 0.245 e. The Kier molecular flexibility index (Phi) is 4.12. The van der Waals surface area contributed by atoms with Gasteiger partial charge >= 0.3 is 0 Å². The van der Waals surface area contributed by atoms with E-state index in [4.69, 9.17) is 0 Å². The van der Waals surface area contributed by atoms with Gasteiger partial charge in [-0.25, -0.2) is 0 Å². The predicted octanol–water partition coefficient (Wildman–Crippen LogP) is 0.126. The van der Waals surface area contributed by atoms with Crippen LogP contribution >= 0.6 is 0 Å². The van der Waals surface area contributed by atoms with Crippen LogP contribution in [0.4, 0.5) is 0 Å². The monoisotopic (exact) mass is 293 g/mol. The summed E-state index contributed by atoms with van der Waals surface area (Å²) >= 11 is 0. The molecular weight excluding hydrogens is 270 g/mol. The molecule has 116 valence electrons. The molecule has 0 spiro atoms. The minimum Gasteiger partial charge on any atom is -0.344 e. The zero-order chi connectivity index (χ0) is 14.8. The summed E-state index contributed by atoms with van der Waals surface area (Å²) in [4.78, 5) is 39.6. The predicted molar refractivity (Wildman–Crippen MR) is 76.3 cm³/mol. The third-order valence-corrected chi connectivity index (χ3v) is 4.87. The first-order valence-electron chi connectivity index (χ1n) is 8.02. The third kappa shape index (κ3) is 3.04. The number of amides is 3. The van der Waals surface area contributed by atoms with Crippen LogP contribution in [-0.2, 0) is 14.4 Å². The van der Waals surface area contributed by atoms with Crippen LogP contribution in [0.15, 0.2) is 0 Å². The van der Waals surface area contributed by atoms with Crippen molar-refractivity contribution in [1.82, 2.24) is 15.1 Å². The molecule has 2 saturated heterocycles. The Morgan fingerprint density at radius 2 is 1.57 bits per heavy atom. The summed E-state index contributed by atoms with van der Waals surface area (Å²) < 4.78 is 0. The van der Waals surface area contributed by atoms with Gasteiger partial charge in [-0.3, -0.25) is 14.4 Å². The van der Waals surface area contributed by atoms with Gasteiger partial charge in [0.05, 0.1) is 0 Å². The first-order valence-corrected chi connectivity index (χ1v) is 8.02. The second kappa shape index (κ2) is 6.03. The topological polar surface area (TPSA) is 69.7 Å². The van der Waals surface area contributed by atoms with Gasteiger partial charge in [0, 0.05) is 38.5 Å². The summed E-state index contributed by atoms with van der Waals surface area (Å²) in [5.41, 5.74) is 0. The van der Waals surface area contributed by atoms with Gasteiger partial charge < -0.3 is 15.1 Å². The fourth-order valence-electron chi connectivity index (χ4n) is 3.29. The fraction of sp³-hybridized carbons (Fsp3) is 0.800. The second-order valence-corrected chi connectivity index (χ2v) is 6.29. The van der Waals surface area contributed by atoms with Crippen LogP contribution in [0, 0.1) is 5.92 Å². The highest BCUT2D eigenvalue weighted by Crippen LogP contribution is 2.28. The molecule has 0 radical (unpaired) electrons. The number of rotatable bonds is 2. The van der Waals surface area contributed by atoms with E-state index in [9.17, 15) is 14.4 Å². The van der Waals surface area contributed by atoms with Gasteiger partial charge in [0.25, 0.3) is 0 Å². The normalized spacial score (nSPS) is 27.0. The molecule has 3 rings (SSSR count). The number of hydrogen-bond acceptors (Lipinski definition) is 3. The highest BCUT2D eigenvalue weighted by atomic mass is 16.2. The molecule has 0 aromatic rings. The van der Waals surface area contributed by atoms with Crippen molar-refractivity contribution in [2.45, 2.75) is 44.6 Å². The van der Waals surface area contributed by atoms with Crippen molar-refractivity contribution in [2.75, 3.05) is 26.2 Å². The van der Waals surface area contributed by atoms with Gasteiger partial charge in [0.15, 0.2) is 0 Å². The van der Waals surface area contributed by atoms with Gasteiger partial charge in [-0.15, -0.1) is 0 Å². The van der Waals surface area contributed by atoms with E-state index in [1.165, 1.54) is 0 Å². The van der Waals surface area contributed by atoms with Crippen LogP contribution in [0.1, 0.15) is 38.5 Å². The molecule has 3 fully saturated rings. The van der Waals surface area contributed by atoms with Crippen molar-refractivity contribution in [2.24, 2.45) is 5.92 Å². The van der Waals surface area contributed by atoms with Crippen molar-refractivity contribution in [3.63, 3.8) is 0 Å². The van der Waals surface area contributed by atoms with Crippen LogP contribution in [-0.4, -0.2) is 59.7 Å². The lowest BCUT2D eigenvalue weighted by atomic mass is 9.84. The van der Waals surface area contributed by atoms with Crippen molar-refractivity contribution in [3.8, 4) is 0 Å². The van der Waals surface area contributed by atoms with E-state index in [0.29, 0.717) is 32.5 Å². The summed E-state index contributed by atoms with van der Waals surface area (Å²) in [6, 6.07) is -0.355. The maximum atomic E-state index is 12.4. The lowest BCUT2D eigenvalue weighted by molar-refractivity contribution is -0.139. The largest absolute Gasteiger partial charge is 0.344 e. The Bertz CT molecular complexity index is 447. The standard InChI is InChI=1S/C15H23N3O3/c19-13-6-5-12(16-13)15(21)18-8-2-7-17(9-10-18)14(20)11-3-1-4-11/h11-12H,1-10H2,(H,16,19). The maximum absolute atomic E-state index is 12.4. The number of hydrogen-bond donors (Lipinski definition) is 1. The number of carbonyl (C=O) groups excluding carboxylic acids is 3. The van der Waals surface area contributed by atoms with Crippen molar-refractivity contribution < 1.29 is 14.4 Å². The highest BCUT2D eigenvalue weighted by molar-refractivity contribution is 5.90. The third-order valence-electron chi connectivity index (χ3n) is 4.87. The highest BCUT2D eigenvalue weighted by Gasteiger charge is 2.34. The fourth-order valence-corrected chi connectivity index (χ4v) is 3.29. The Labute approximate surface area is 124 Å². The van der Waals surface area contributed by atoms with Gasteiger partial charge in [-0.05, 0) is 25.7 Å². The summed E-state index contributed by atoms with van der Waals surface area (Å²) in [5, 5.41) is 2.73. The SMILES string of the molecule is O=C1CCC(C(=O)N2CCCN(C(=O)C3CCC3)CC2)N1. The van der Waals surface area contributed by atoms with Gasteiger partial charge in [-0.1, -0.05) is 6.42 Å². The van der Waals surface area contributed by atoms with Crippen LogP contribution in [0.25, 0.3) is 0 Å². The average molecular weight is 293 g/mol. The zero-order valence-corrected chi connectivity index (χ0v) is 12.3. The number of nitrogens with one attached hydrogen (secondary N) is 1. The van der Waals surface area contributed by atoms with Crippen molar-refractivity contribution >= 4 is 17.7 Å². The van der Waals surface area contributed by atoms with Crippen molar-refractivity contribution in [1.29, 1.82) is 0 Å². The van der Waals surface area contributed by atoms with E-state index in [1.54, 1.807) is 0 Å². The second-order valence-electron chi connectivity index (χ2n) is 6.29. The minimum atomic E-state index is -0.355. The Morgan fingerprint density at radius 3 is 2.10 bits per heavy atom. The molecule has 1 atom stereocenters. The Balaban J connectivity index is 1.54. The molecule has 3 amide bonds. The molecule has 0 aromatic carbocycles. The first kappa shape index (κ1) is 14.4. The zero-order valence-electron chi connectivity index (χ0n) is 12.3. The summed E-state index contributed by atoms with van der Waals surface area (Å²) in [7, 11) is 0. The average Bonchev–Trinajstić information content (AvgIpc) is 2.70. The maximum Gasteiger partial charge on any atom is 0.245 e. The Hall–Kier alpha value is -1.59. The van der Waals surface area contributed by atoms with Crippen LogP contribution in [0.2, 0.25) is 0 Å². The van der Waals surface area contributed by atoms with Crippen LogP contribution < -0.4 is 5.32 Å². The molecule has 1 unspecified atom stereocenters. The van der Waals surface area contributed by atoms with Crippen molar-refractivity contribution in [3.05, 3.63) is 0 Å². The first-order chi connectivity index (χ1) is 10.1. The van der Waals surface area contributed by atoms with Crippen LogP contribution in [0.5, 0.6) is 0 Å². The van der Waals surface area contributed by atoms with E-state index in [0.717, 1.165) is 32.2 Å². The molecule has 0 aromatic heterocycles. The molecule has 2 aliphatic heterocycles. The van der Waals surface area contributed by atoms with Gasteiger partial charge in [-0.2, -0.15) is 0 Å². The molecule has 6 heteroatoms. The molecule has 0 bridgehead atoms. The molecule has 6 nitrogen and oxygen atoms in total. The van der Waals surface area contributed by atoms with E-state index >= 15 is 0 Å².